The number of aliphatic hydroxyl groups excluding tert-OH is 1. The lowest BCUT2D eigenvalue weighted by Gasteiger charge is -2.37. The largest absolute Gasteiger partial charge is 0.388 e. The maximum Gasteiger partial charge on any atom is 0.0864 e. The van der Waals surface area contributed by atoms with Gasteiger partial charge < -0.3 is 10.4 Å². The molecule has 1 saturated heterocycles. The molecule has 2 aliphatic rings. The van der Waals surface area contributed by atoms with Crippen LogP contribution >= 0.6 is 0 Å². The van der Waals surface area contributed by atoms with Crippen LogP contribution in [0.5, 0.6) is 0 Å². The fourth-order valence-electron chi connectivity index (χ4n) is 3.14. The zero-order chi connectivity index (χ0) is 10.3. The van der Waals surface area contributed by atoms with Crippen LogP contribution in [0, 0.1) is 5.41 Å². The summed E-state index contributed by atoms with van der Waals surface area (Å²) in [5.41, 5.74) is 2.58. The molecule has 0 saturated carbocycles. The molecule has 1 heterocycles. The Labute approximate surface area is 90.3 Å². The molecule has 0 aromatic heterocycles. The number of piperidine rings is 1. The predicted molar refractivity (Wildman–Crippen MR) is 59.6 cm³/mol. The van der Waals surface area contributed by atoms with Gasteiger partial charge in [0.2, 0.25) is 0 Å². The molecule has 1 aliphatic carbocycles. The molecule has 2 atom stereocenters. The fourth-order valence-corrected chi connectivity index (χ4v) is 3.14. The van der Waals surface area contributed by atoms with Gasteiger partial charge in [0.15, 0.2) is 0 Å². The summed E-state index contributed by atoms with van der Waals surface area (Å²) in [6.45, 7) is 2.06. The van der Waals surface area contributed by atoms with Gasteiger partial charge in [-0.3, -0.25) is 0 Å². The minimum absolute atomic E-state index is 0.0853. The third kappa shape index (κ3) is 1.32. The third-order valence-corrected chi connectivity index (χ3v) is 3.98. The number of benzene rings is 1. The number of aliphatic hydroxyl groups is 1. The average molecular weight is 203 g/mol. The summed E-state index contributed by atoms with van der Waals surface area (Å²) in [6, 6.07) is 8.32. The zero-order valence-electron chi connectivity index (χ0n) is 8.87. The topological polar surface area (TPSA) is 32.3 Å². The van der Waals surface area contributed by atoms with Crippen LogP contribution < -0.4 is 5.32 Å². The number of hydrogen-bond donors (Lipinski definition) is 2. The number of rotatable bonds is 0. The second kappa shape index (κ2) is 3.32. The van der Waals surface area contributed by atoms with Crippen LogP contribution in [0.4, 0.5) is 0 Å². The van der Waals surface area contributed by atoms with Crippen LogP contribution in [0.2, 0.25) is 0 Å². The van der Waals surface area contributed by atoms with E-state index in [0.717, 1.165) is 31.5 Å². The molecule has 0 amide bonds. The molecule has 2 N–H and O–H groups in total. The van der Waals surface area contributed by atoms with E-state index >= 15 is 0 Å². The highest BCUT2D eigenvalue weighted by molar-refractivity contribution is 5.37. The molecule has 2 heteroatoms. The second-order valence-electron chi connectivity index (χ2n) is 4.92. The maximum atomic E-state index is 10.4. The highest BCUT2D eigenvalue weighted by atomic mass is 16.3. The molecule has 1 spiro atoms. The molecule has 2 nitrogen and oxygen atoms in total. The molecular weight excluding hydrogens is 186 g/mol. The van der Waals surface area contributed by atoms with Crippen molar-refractivity contribution in [3.05, 3.63) is 35.4 Å². The van der Waals surface area contributed by atoms with Gasteiger partial charge in [-0.2, -0.15) is 0 Å². The van der Waals surface area contributed by atoms with Gasteiger partial charge in [0, 0.05) is 12.0 Å². The van der Waals surface area contributed by atoms with Crippen LogP contribution in [0.25, 0.3) is 0 Å². The number of nitrogens with one attached hydrogen (secondary N) is 1. The van der Waals surface area contributed by atoms with Gasteiger partial charge in [-0.25, -0.2) is 0 Å². The molecule has 15 heavy (non-hydrogen) atoms. The van der Waals surface area contributed by atoms with E-state index in [1.807, 2.05) is 6.07 Å². The maximum absolute atomic E-state index is 10.4. The number of hydrogen-bond acceptors (Lipinski definition) is 2. The first kappa shape index (κ1) is 9.37. The van der Waals surface area contributed by atoms with Crippen molar-refractivity contribution in [2.75, 3.05) is 13.1 Å². The SMILES string of the molecule is OC1c2ccccc2CC12CCCNC2. The lowest BCUT2D eigenvalue weighted by Crippen LogP contribution is -2.42. The smallest absolute Gasteiger partial charge is 0.0864 e. The first-order valence-corrected chi connectivity index (χ1v) is 5.78. The van der Waals surface area contributed by atoms with Crippen LogP contribution in [0.1, 0.15) is 30.1 Å². The molecular formula is C13H17NO. The first-order valence-electron chi connectivity index (χ1n) is 5.78. The lowest BCUT2D eigenvalue weighted by atomic mass is 9.76. The van der Waals surface area contributed by atoms with Crippen molar-refractivity contribution in [1.82, 2.24) is 5.32 Å². The van der Waals surface area contributed by atoms with Crippen molar-refractivity contribution in [1.29, 1.82) is 0 Å². The van der Waals surface area contributed by atoms with Gasteiger partial charge in [-0.05, 0) is 36.9 Å². The molecule has 1 fully saturated rings. The lowest BCUT2D eigenvalue weighted by molar-refractivity contribution is 0.0200. The Morgan fingerprint density at radius 1 is 1.33 bits per heavy atom. The van der Waals surface area contributed by atoms with E-state index in [2.05, 4.69) is 23.5 Å². The van der Waals surface area contributed by atoms with Crippen LogP contribution in [-0.4, -0.2) is 18.2 Å². The van der Waals surface area contributed by atoms with E-state index < -0.39 is 0 Å². The van der Waals surface area contributed by atoms with E-state index in [1.54, 1.807) is 0 Å². The Balaban J connectivity index is 1.98. The first-order chi connectivity index (χ1) is 7.32. The average Bonchev–Trinajstić information content (AvgIpc) is 2.54. The van der Waals surface area contributed by atoms with Crippen LogP contribution in [-0.2, 0) is 6.42 Å². The van der Waals surface area contributed by atoms with E-state index in [0.29, 0.717) is 0 Å². The van der Waals surface area contributed by atoms with Gasteiger partial charge in [-0.15, -0.1) is 0 Å². The molecule has 0 bridgehead atoms. The molecule has 80 valence electrons. The molecule has 3 rings (SSSR count). The van der Waals surface area contributed by atoms with Gasteiger partial charge in [-0.1, -0.05) is 24.3 Å². The van der Waals surface area contributed by atoms with Gasteiger partial charge in [0.1, 0.15) is 0 Å². The fraction of sp³-hybridized carbons (Fsp3) is 0.538. The highest BCUT2D eigenvalue weighted by Crippen LogP contribution is 2.49. The molecule has 1 aromatic rings. The van der Waals surface area contributed by atoms with Crippen molar-refractivity contribution < 1.29 is 5.11 Å². The Morgan fingerprint density at radius 3 is 2.93 bits per heavy atom. The van der Waals surface area contributed by atoms with Crippen molar-refractivity contribution in [3.63, 3.8) is 0 Å². The van der Waals surface area contributed by atoms with Crippen molar-refractivity contribution >= 4 is 0 Å². The zero-order valence-corrected chi connectivity index (χ0v) is 8.87. The summed E-state index contributed by atoms with van der Waals surface area (Å²) in [5, 5.41) is 13.8. The normalized spacial score (nSPS) is 34.3. The highest BCUT2D eigenvalue weighted by Gasteiger charge is 2.45. The third-order valence-electron chi connectivity index (χ3n) is 3.98. The summed E-state index contributed by atoms with van der Waals surface area (Å²) in [6.07, 6.45) is 3.11. The Kier molecular flexibility index (Phi) is 2.08. The monoisotopic (exact) mass is 203 g/mol. The minimum Gasteiger partial charge on any atom is -0.388 e. The standard InChI is InChI=1S/C13H17NO/c15-12-11-5-2-1-4-10(11)8-13(12)6-3-7-14-9-13/h1-2,4-5,12,14-15H,3,6-9H2. The molecule has 0 radical (unpaired) electrons. The molecule has 1 aliphatic heterocycles. The van der Waals surface area contributed by atoms with Gasteiger partial charge in [0.05, 0.1) is 6.10 Å². The summed E-state index contributed by atoms with van der Waals surface area (Å²) >= 11 is 0. The van der Waals surface area contributed by atoms with E-state index in [1.165, 1.54) is 12.0 Å². The van der Waals surface area contributed by atoms with Gasteiger partial charge in [0.25, 0.3) is 0 Å². The Bertz CT molecular complexity index is 369. The predicted octanol–water partition coefficient (Wildman–Crippen LogP) is 1.65. The van der Waals surface area contributed by atoms with Crippen molar-refractivity contribution in [2.45, 2.75) is 25.4 Å². The van der Waals surface area contributed by atoms with E-state index in [9.17, 15) is 5.11 Å². The van der Waals surface area contributed by atoms with Crippen LogP contribution in [0.3, 0.4) is 0 Å². The van der Waals surface area contributed by atoms with Crippen molar-refractivity contribution in [3.8, 4) is 0 Å². The van der Waals surface area contributed by atoms with E-state index in [-0.39, 0.29) is 11.5 Å². The molecule has 2 unspecified atom stereocenters. The van der Waals surface area contributed by atoms with Crippen molar-refractivity contribution in [2.24, 2.45) is 5.41 Å². The summed E-state index contributed by atoms with van der Waals surface area (Å²) in [7, 11) is 0. The summed E-state index contributed by atoms with van der Waals surface area (Å²) in [5.74, 6) is 0. The van der Waals surface area contributed by atoms with E-state index in [4.69, 9.17) is 0 Å². The quantitative estimate of drug-likeness (QED) is 0.672. The minimum atomic E-state index is -0.263. The second-order valence-corrected chi connectivity index (χ2v) is 4.92. The van der Waals surface area contributed by atoms with Crippen LogP contribution in [0.15, 0.2) is 24.3 Å². The Hall–Kier alpha value is -0.860. The molecule has 1 aromatic carbocycles. The number of fused-ring (bicyclic) bond motifs is 1. The summed E-state index contributed by atoms with van der Waals surface area (Å²) < 4.78 is 0. The Morgan fingerprint density at radius 2 is 2.20 bits per heavy atom. The summed E-state index contributed by atoms with van der Waals surface area (Å²) in [4.78, 5) is 0. The van der Waals surface area contributed by atoms with Gasteiger partial charge >= 0.3 is 0 Å².